The zero-order chi connectivity index (χ0) is 23.6. The van der Waals surface area contributed by atoms with Crippen LogP contribution < -0.4 is 10.9 Å². The van der Waals surface area contributed by atoms with E-state index in [1.54, 1.807) is 43.3 Å². The van der Waals surface area contributed by atoms with Gasteiger partial charge in [-0.15, -0.1) is 0 Å². The molecule has 0 bridgehead atoms. The van der Waals surface area contributed by atoms with Gasteiger partial charge < -0.3 is 19.6 Å². The Balaban J connectivity index is 1.63. The fourth-order valence-electron chi connectivity index (χ4n) is 3.34. The number of alkyl halides is 3. The lowest BCUT2D eigenvalue weighted by atomic mass is 10.2. The molecule has 2 heterocycles. The zero-order valence-corrected chi connectivity index (χ0v) is 17.4. The van der Waals surface area contributed by atoms with Crippen molar-refractivity contribution in [1.82, 2.24) is 14.9 Å². The van der Waals surface area contributed by atoms with Gasteiger partial charge in [-0.05, 0) is 55.5 Å². The molecule has 1 unspecified atom stereocenters. The van der Waals surface area contributed by atoms with Crippen molar-refractivity contribution in [2.45, 2.75) is 25.7 Å². The molecule has 0 aliphatic heterocycles. The van der Waals surface area contributed by atoms with Gasteiger partial charge >= 0.3 is 12.2 Å². The second-order valence-corrected chi connectivity index (χ2v) is 7.36. The van der Waals surface area contributed by atoms with Crippen LogP contribution in [0.2, 0.25) is 0 Å². The number of rotatable bonds is 5. The first kappa shape index (κ1) is 22.1. The average Bonchev–Trinajstić information content (AvgIpc) is 3.30. The van der Waals surface area contributed by atoms with Crippen molar-refractivity contribution in [3.05, 3.63) is 94.4 Å². The SMILES string of the molecule is CC(c1nc2ccccc2c(=O)[nH]1)N(Cc1ccco1)C(=O)Nc1ccc(C(F)(F)F)cc1. The van der Waals surface area contributed by atoms with Crippen LogP contribution in [0.25, 0.3) is 10.9 Å². The molecule has 2 N–H and O–H groups in total. The summed E-state index contributed by atoms with van der Waals surface area (Å²) in [7, 11) is 0. The van der Waals surface area contributed by atoms with Crippen molar-refractivity contribution < 1.29 is 22.4 Å². The number of aromatic amines is 1. The predicted octanol–water partition coefficient (Wildman–Crippen LogP) is 5.33. The minimum Gasteiger partial charge on any atom is -0.467 e. The molecule has 1 atom stereocenters. The van der Waals surface area contributed by atoms with Gasteiger partial charge in [0.15, 0.2) is 0 Å². The number of benzene rings is 2. The number of urea groups is 1. The Hall–Kier alpha value is -4.08. The van der Waals surface area contributed by atoms with Gasteiger partial charge in [0.1, 0.15) is 11.6 Å². The van der Waals surface area contributed by atoms with Crippen molar-refractivity contribution in [3.8, 4) is 0 Å². The van der Waals surface area contributed by atoms with Crippen LogP contribution in [0.1, 0.15) is 30.1 Å². The summed E-state index contributed by atoms with van der Waals surface area (Å²) in [6, 6.07) is 13.0. The lowest BCUT2D eigenvalue weighted by Crippen LogP contribution is -2.37. The molecule has 0 saturated carbocycles. The number of hydrogen-bond donors (Lipinski definition) is 2. The molecule has 2 amide bonds. The van der Waals surface area contributed by atoms with Crippen LogP contribution in [-0.4, -0.2) is 20.9 Å². The number of carbonyl (C=O) groups is 1. The third kappa shape index (κ3) is 4.89. The molecule has 0 aliphatic rings. The first-order valence-electron chi connectivity index (χ1n) is 9.98. The fraction of sp³-hybridized carbons (Fsp3) is 0.174. The van der Waals surface area contributed by atoms with Gasteiger partial charge in [0.2, 0.25) is 0 Å². The van der Waals surface area contributed by atoms with E-state index in [2.05, 4.69) is 15.3 Å². The normalized spacial score (nSPS) is 12.5. The highest BCUT2D eigenvalue weighted by Gasteiger charge is 2.30. The van der Waals surface area contributed by atoms with Crippen LogP contribution in [0.3, 0.4) is 0 Å². The zero-order valence-electron chi connectivity index (χ0n) is 17.4. The number of para-hydroxylation sites is 1. The summed E-state index contributed by atoms with van der Waals surface area (Å²) >= 11 is 0. The molecule has 33 heavy (non-hydrogen) atoms. The predicted molar refractivity (Wildman–Crippen MR) is 115 cm³/mol. The summed E-state index contributed by atoms with van der Waals surface area (Å²) in [5.74, 6) is 0.736. The largest absolute Gasteiger partial charge is 0.467 e. The first-order valence-corrected chi connectivity index (χ1v) is 9.98. The molecule has 4 rings (SSSR count). The number of amides is 2. The van der Waals surface area contributed by atoms with Crippen LogP contribution in [0.4, 0.5) is 23.7 Å². The summed E-state index contributed by atoms with van der Waals surface area (Å²) in [6.45, 7) is 1.72. The van der Waals surface area contributed by atoms with E-state index in [0.29, 0.717) is 16.7 Å². The number of aromatic nitrogens is 2. The molecular weight excluding hydrogens is 437 g/mol. The highest BCUT2D eigenvalue weighted by molar-refractivity contribution is 5.89. The van der Waals surface area contributed by atoms with E-state index in [1.165, 1.54) is 23.3 Å². The van der Waals surface area contributed by atoms with E-state index >= 15 is 0 Å². The topological polar surface area (TPSA) is 91.2 Å². The summed E-state index contributed by atoms with van der Waals surface area (Å²) < 4.78 is 43.8. The molecule has 0 aliphatic carbocycles. The number of H-pyrrole nitrogens is 1. The smallest absolute Gasteiger partial charge is 0.416 e. The highest BCUT2D eigenvalue weighted by Crippen LogP contribution is 2.30. The van der Waals surface area contributed by atoms with Crippen LogP contribution in [-0.2, 0) is 12.7 Å². The first-order chi connectivity index (χ1) is 15.7. The van der Waals surface area contributed by atoms with Gasteiger partial charge in [-0.2, -0.15) is 13.2 Å². The molecule has 7 nitrogen and oxygen atoms in total. The molecule has 2 aromatic carbocycles. The Labute approximate surface area is 185 Å². The maximum Gasteiger partial charge on any atom is 0.416 e. The van der Waals surface area contributed by atoms with Gasteiger partial charge in [-0.1, -0.05) is 12.1 Å². The molecule has 4 aromatic rings. The Morgan fingerprint density at radius 3 is 2.52 bits per heavy atom. The van der Waals surface area contributed by atoms with Crippen LogP contribution in [0.15, 0.2) is 76.1 Å². The number of nitrogens with one attached hydrogen (secondary N) is 2. The molecule has 10 heteroatoms. The standard InChI is InChI=1S/C23H19F3N4O3/c1-14(20-28-19-7-3-2-6-18(19)21(31)29-20)30(13-17-5-4-12-33-17)22(32)27-16-10-8-15(9-11-16)23(24,25)26/h2-12,14H,13H2,1H3,(H,27,32)(H,28,29,31). The number of halogens is 3. The Bertz CT molecular complexity index is 1320. The van der Waals surface area contributed by atoms with Gasteiger partial charge in [-0.3, -0.25) is 4.79 Å². The average molecular weight is 456 g/mol. The van der Waals surface area contributed by atoms with E-state index in [9.17, 15) is 22.8 Å². The molecule has 170 valence electrons. The van der Waals surface area contributed by atoms with Crippen LogP contribution >= 0.6 is 0 Å². The van der Waals surface area contributed by atoms with Crippen molar-refractivity contribution in [2.24, 2.45) is 0 Å². The number of hydrogen-bond acceptors (Lipinski definition) is 4. The summed E-state index contributed by atoms with van der Waals surface area (Å²) in [6.07, 6.45) is -3.02. The maximum absolute atomic E-state index is 13.1. The van der Waals surface area contributed by atoms with Gasteiger partial charge in [-0.25, -0.2) is 9.78 Å². The van der Waals surface area contributed by atoms with E-state index in [-0.39, 0.29) is 23.6 Å². The minimum atomic E-state index is -4.48. The molecule has 0 saturated heterocycles. The lowest BCUT2D eigenvalue weighted by Gasteiger charge is -2.28. The van der Waals surface area contributed by atoms with Crippen molar-refractivity contribution >= 4 is 22.6 Å². The number of fused-ring (bicyclic) bond motifs is 1. The van der Waals surface area contributed by atoms with E-state index in [1.807, 2.05) is 0 Å². The van der Waals surface area contributed by atoms with Crippen molar-refractivity contribution in [1.29, 1.82) is 0 Å². The fourth-order valence-corrected chi connectivity index (χ4v) is 3.34. The third-order valence-electron chi connectivity index (χ3n) is 5.13. The monoisotopic (exact) mass is 456 g/mol. The van der Waals surface area contributed by atoms with E-state index in [0.717, 1.165) is 12.1 Å². The molecular formula is C23H19F3N4O3. The number of carbonyl (C=O) groups excluding carboxylic acids is 1. The Kier molecular flexibility index (Phi) is 5.91. The molecule has 0 radical (unpaired) electrons. The van der Waals surface area contributed by atoms with E-state index in [4.69, 9.17) is 4.42 Å². The van der Waals surface area contributed by atoms with Gasteiger partial charge in [0.25, 0.3) is 5.56 Å². The van der Waals surface area contributed by atoms with Crippen LogP contribution in [0.5, 0.6) is 0 Å². The highest BCUT2D eigenvalue weighted by atomic mass is 19.4. The lowest BCUT2D eigenvalue weighted by molar-refractivity contribution is -0.137. The second-order valence-electron chi connectivity index (χ2n) is 7.36. The Morgan fingerprint density at radius 2 is 1.85 bits per heavy atom. The summed E-state index contributed by atoms with van der Waals surface area (Å²) in [4.78, 5) is 34.2. The van der Waals surface area contributed by atoms with Crippen molar-refractivity contribution in [2.75, 3.05) is 5.32 Å². The summed E-state index contributed by atoms with van der Waals surface area (Å²) in [5.41, 5.74) is -0.503. The van der Waals surface area contributed by atoms with Gasteiger partial charge in [0, 0.05) is 5.69 Å². The number of furan rings is 1. The molecule has 0 spiro atoms. The quantitative estimate of drug-likeness (QED) is 0.425. The van der Waals surface area contributed by atoms with E-state index < -0.39 is 23.8 Å². The van der Waals surface area contributed by atoms with Crippen LogP contribution in [0, 0.1) is 0 Å². The Morgan fingerprint density at radius 1 is 1.12 bits per heavy atom. The number of anilines is 1. The minimum absolute atomic E-state index is 0.0389. The third-order valence-corrected chi connectivity index (χ3v) is 5.13. The summed E-state index contributed by atoms with van der Waals surface area (Å²) in [5, 5.41) is 3.01. The van der Waals surface area contributed by atoms with Crippen molar-refractivity contribution in [3.63, 3.8) is 0 Å². The molecule has 2 aromatic heterocycles. The molecule has 0 fully saturated rings. The second kappa shape index (κ2) is 8.81. The van der Waals surface area contributed by atoms with Gasteiger partial charge in [0.05, 0.1) is 35.3 Å². The number of nitrogens with zero attached hydrogens (tertiary/aromatic N) is 2. The maximum atomic E-state index is 13.1.